The van der Waals surface area contributed by atoms with E-state index < -0.39 is 5.60 Å². The molecule has 1 N–H and O–H groups in total. The number of halogens is 2. The van der Waals surface area contributed by atoms with Crippen LogP contribution in [0.5, 0.6) is 5.75 Å². The largest absolute Gasteiger partial charge is 0.497 e. The molecule has 0 bridgehead atoms. The number of ether oxygens (including phenoxy) is 1. The lowest BCUT2D eigenvalue weighted by atomic mass is 9.88. The van der Waals surface area contributed by atoms with E-state index in [4.69, 9.17) is 4.74 Å². The second-order valence-corrected chi connectivity index (χ2v) is 6.33. The number of aryl methyl sites for hydroxylation is 1. The predicted molar refractivity (Wildman–Crippen MR) is 83.0 cm³/mol. The van der Waals surface area contributed by atoms with Gasteiger partial charge in [0.15, 0.2) is 0 Å². The molecule has 2 aromatic carbocycles. The number of methoxy groups -OCH3 is 1. The zero-order valence-electron chi connectivity index (χ0n) is 11.7. The van der Waals surface area contributed by atoms with Crippen LogP contribution in [0.15, 0.2) is 40.9 Å². The summed E-state index contributed by atoms with van der Waals surface area (Å²) in [6.07, 6.45) is 1.98. The predicted octanol–water partition coefficient (Wildman–Crippen LogP) is 3.97. The van der Waals surface area contributed by atoms with Crippen LogP contribution in [0, 0.1) is 5.82 Å². The first kappa shape index (κ1) is 14.5. The Morgan fingerprint density at radius 3 is 2.81 bits per heavy atom. The number of hydrogen-bond acceptors (Lipinski definition) is 2. The molecule has 0 spiro atoms. The van der Waals surface area contributed by atoms with Crippen LogP contribution in [0.2, 0.25) is 0 Å². The van der Waals surface area contributed by atoms with Gasteiger partial charge < -0.3 is 9.84 Å². The number of fused-ring (bicyclic) bond motifs is 1. The van der Waals surface area contributed by atoms with E-state index in [9.17, 15) is 9.50 Å². The summed E-state index contributed by atoms with van der Waals surface area (Å²) in [5.41, 5.74) is 2.06. The minimum Gasteiger partial charge on any atom is -0.497 e. The highest BCUT2D eigenvalue weighted by atomic mass is 79.9. The van der Waals surface area contributed by atoms with Crippen molar-refractivity contribution in [1.29, 1.82) is 0 Å². The minimum absolute atomic E-state index is 0.292. The molecule has 0 aromatic heterocycles. The Kier molecular flexibility index (Phi) is 3.76. The van der Waals surface area contributed by atoms with Crippen molar-refractivity contribution in [3.05, 3.63) is 63.4 Å². The van der Waals surface area contributed by atoms with Crippen LogP contribution in [0.4, 0.5) is 4.39 Å². The summed E-state index contributed by atoms with van der Waals surface area (Å²) < 4.78 is 19.0. The van der Waals surface area contributed by atoms with Crippen molar-refractivity contribution in [2.45, 2.75) is 24.9 Å². The lowest BCUT2D eigenvalue weighted by Crippen LogP contribution is -2.25. The molecule has 3 rings (SSSR count). The molecule has 4 heteroatoms. The number of rotatable bonds is 3. The fourth-order valence-electron chi connectivity index (χ4n) is 2.98. The van der Waals surface area contributed by atoms with E-state index >= 15 is 0 Å². The van der Waals surface area contributed by atoms with Gasteiger partial charge in [-0.25, -0.2) is 4.39 Å². The van der Waals surface area contributed by atoms with Crippen LogP contribution < -0.4 is 4.74 Å². The molecule has 0 saturated heterocycles. The Morgan fingerprint density at radius 2 is 2.10 bits per heavy atom. The molecule has 110 valence electrons. The monoisotopic (exact) mass is 350 g/mol. The summed E-state index contributed by atoms with van der Waals surface area (Å²) in [5, 5.41) is 11.0. The molecule has 1 atom stereocenters. The van der Waals surface area contributed by atoms with E-state index in [1.54, 1.807) is 19.2 Å². The van der Waals surface area contributed by atoms with Crippen LogP contribution >= 0.6 is 15.9 Å². The van der Waals surface area contributed by atoms with E-state index in [1.807, 2.05) is 18.2 Å². The fraction of sp³-hybridized carbons (Fsp3) is 0.294. The third-order valence-electron chi connectivity index (χ3n) is 4.11. The van der Waals surface area contributed by atoms with Crippen molar-refractivity contribution in [3.8, 4) is 5.75 Å². The molecule has 0 radical (unpaired) electrons. The van der Waals surface area contributed by atoms with Gasteiger partial charge in [0, 0.05) is 6.42 Å². The van der Waals surface area contributed by atoms with E-state index in [0.29, 0.717) is 17.3 Å². The van der Waals surface area contributed by atoms with Crippen molar-refractivity contribution in [1.82, 2.24) is 0 Å². The maximum Gasteiger partial charge on any atom is 0.137 e. The molecule has 1 aliphatic rings. The van der Waals surface area contributed by atoms with Crippen LogP contribution in [-0.2, 0) is 18.4 Å². The van der Waals surface area contributed by atoms with Gasteiger partial charge in [0.05, 0.1) is 17.2 Å². The highest BCUT2D eigenvalue weighted by Crippen LogP contribution is 2.41. The zero-order chi connectivity index (χ0) is 15.0. The molecule has 0 heterocycles. The van der Waals surface area contributed by atoms with Crippen LogP contribution in [0.1, 0.15) is 23.1 Å². The third kappa shape index (κ3) is 2.70. The Balaban J connectivity index is 1.94. The molecule has 0 aliphatic heterocycles. The van der Waals surface area contributed by atoms with Crippen LogP contribution in [-0.4, -0.2) is 12.2 Å². The molecule has 0 saturated carbocycles. The quantitative estimate of drug-likeness (QED) is 0.907. The SMILES string of the molecule is COc1ccc2c(c1)C(O)(Cc1ccc(F)c(Br)c1)CC2. The highest BCUT2D eigenvalue weighted by molar-refractivity contribution is 9.10. The molecule has 0 fully saturated rings. The normalized spacial score (nSPS) is 20.4. The standard InChI is InChI=1S/C17H16BrFO2/c1-21-13-4-3-12-6-7-17(20,14(12)9-13)10-11-2-5-16(19)15(18)8-11/h2-5,8-9,20H,6-7,10H2,1H3. The maximum atomic E-state index is 13.3. The Labute approximate surface area is 131 Å². The van der Waals surface area contributed by atoms with Gasteiger partial charge in [-0.05, 0) is 69.7 Å². The lowest BCUT2D eigenvalue weighted by Gasteiger charge is -2.24. The van der Waals surface area contributed by atoms with Gasteiger partial charge in [-0.2, -0.15) is 0 Å². The topological polar surface area (TPSA) is 29.5 Å². The zero-order valence-corrected chi connectivity index (χ0v) is 13.3. The lowest BCUT2D eigenvalue weighted by molar-refractivity contribution is 0.0387. The van der Waals surface area contributed by atoms with Crippen LogP contribution in [0.25, 0.3) is 0 Å². The first-order chi connectivity index (χ1) is 10.0. The van der Waals surface area contributed by atoms with E-state index in [1.165, 1.54) is 6.07 Å². The average Bonchev–Trinajstić information content (AvgIpc) is 2.80. The molecular weight excluding hydrogens is 335 g/mol. The Morgan fingerprint density at radius 1 is 1.29 bits per heavy atom. The van der Waals surface area contributed by atoms with Crippen molar-refractivity contribution < 1.29 is 14.2 Å². The van der Waals surface area contributed by atoms with Gasteiger partial charge in [-0.15, -0.1) is 0 Å². The van der Waals surface area contributed by atoms with E-state index in [2.05, 4.69) is 15.9 Å². The van der Waals surface area contributed by atoms with Crippen molar-refractivity contribution in [2.75, 3.05) is 7.11 Å². The number of aliphatic hydroxyl groups is 1. The van der Waals surface area contributed by atoms with Crippen molar-refractivity contribution >= 4 is 15.9 Å². The Hall–Kier alpha value is -1.39. The van der Waals surface area contributed by atoms with Crippen molar-refractivity contribution in [3.63, 3.8) is 0 Å². The van der Waals surface area contributed by atoms with Gasteiger partial charge in [0.2, 0.25) is 0 Å². The first-order valence-electron chi connectivity index (χ1n) is 6.85. The molecule has 1 aliphatic carbocycles. The summed E-state index contributed by atoms with van der Waals surface area (Å²) in [5.74, 6) is 0.452. The third-order valence-corrected chi connectivity index (χ3v) is 4.71. The first-order valence-corrected chi connectivity index (χ1v) is 7.65. The molecule has 21 heavy (non-hydrogen) atoms. The summed E-state index contributed by atoms with van der Waals surface area (Å²) in [4.78, 5) is 0. The highest BCUT2D eigenvalue weighted by Gasteiger charge is 2.37. The van der Waals surface area contributed by atoms with Crippen molar-refractivity contribution in [2.24, 2.45) is 0 Å². The minimum atomic E-state index is -0.916. The fourth-order valence-corrected chi connectivity index (χ4v) is 3.41. The molecular formula is C17H16BrFO2. The summed E-state index contributed by atoms with van der Waals surface area (Å²) in [6.45, 7) is 0. The van der Waals surface area contributed by atoms with E-state index in [0.717, 1.165) is 28.9 Å². The van der Waals surface area contributed by atoms with Gasteiger partial charge >= 0.3 is 0 Å². The second kappa shape index (κ2) is 5.43. The molecule has 2 nitrogen and oxygen atoms in total. The summed E-state index contributed by atoms with van der Waals surface area (Å²) in [7, 11) is 1.62. The second-order valence-electron chi connectivity index (χ2n) is 5.48. The molecule has 2 aromatic rings. The van der Waals surface area contributed by atoms with Gasteiger partial charge in [-0.3, -0.25) is 0 Å². The Bertz CT molecular complexity index is 686. The number of hydrogen-bond donors (Lipinski definition) is 1. The van der Waals surface area contributed by atoms with Gasteiger partial charge in [-0.1, -0.05) is 12.1 Å². The maximum absolute atomic E-state index is 13.3. The smallest absolute Gasteiger partial charge is 0.137 e. The summed E-state index contributed by atoms with van der Waals surface area (Å²) in [6, 6.07) is 10.7. The van der Waals surface area contributed by atoms with Gasteiger partial charge in [0.25, 0.3) is 0 Å². The molecule has 1 unspecified atom stereocenters. The van der Waals surface area contributed by atoms with E-state index in [-0.39, 0.29) is 5.82 Å². The molecule has 0 amide bonds. The summed E-state index contributed by atoms with van der Waals surface area (Å²) >= 11 is 3.19. The van der Waals surface area contributed by atoms with Gasteiger partial charge in [0.1, 0.15) is 11.6 Å². The van der Waals surface area contributed by atoms with Crippen LogP contribution in [0.3, 0.4) is 0 Å². The number of benzene rings is 2. The average molecular weight is 351 g/mol.